The van der Waals surface area contributed by atoms with Gasteiger partial charge in [0.1, 0.15) is 12.1 Å². The van der Waals surface area contributed by atoms with Crippen molar-refractivity contribution in [1.82, 2.24) is 10.6 Å². The Balaban J connectivity index is 0. The van der Waals surface area contributed by atoms with Crippen LogP contribution in [-0.2, 0) is 19.0 Å². The van der Waals surface area contributed by atoms with E-state index in [9.17, 15) is 4.79 Å². The highest BCUT2D eigenvalue weighted by Gasteiger charge is 2.16. The first-order chi connectivity index (χ1) is 9.89. The number of hydrogen-bond donors (Lipinski definition) is 2. The van der Waals surface area contributed by atoms with Crippen LogP contribution in [0.15, 0.2) is 4.99 Å². The van der Waals surface area contributed by atoms with Crippen LogP contribution in [0.3, 0.4) is 0 Å². The molecule has 0 saturated heterocycles. The summed E-state index contributed by atoms with van der Waals surface area (Å²) in [5.41, 5.74) is -0.477. The van der Waals surface area contributed by atoms with Gasteiger partial charge in [0.2, 0.25) is 0 Å². The summed E-state index contributed by atoms with van der Waals surface area (Å²) in [4.78, 5) is 15.6. The van der Waals surface area contributed by atoms with Crippen LogP contribution >= 0.6 is 24.0 Å². The molecule has 0 spiro atoms. The second-order valence-corrected chi connectivity index (χ2v) is 5.40. The molecule has 0 atom stereocenters. The minimum Gasteiger partial charge on any atom is -0.459 e. The highest BCUT2D eigenvalue weighted by molar-refractivity contribution is 14.0. The van der Waals surface area contributed by atoms with Crippen molar-refractivity contribution in [3.8, 4) is 0 Å². The summed E-state index contributed by atoms with van der Waals surface area (Å²) in [6.07, 6.45) is 0.844. The van der Waals surface area contributed by atoms with E-state index < -0.39 is 5.60 Å². The van der Waals surface area contributed by atoms with Gasteiger partial charge < -0.3 is 24.8 Å². The first-order valence-corrected chi connectivity index (χ1v) is 7.12. The Morgan fingerprint density at radius 3 is 2.36 bits per heavy atom. The lowest BCUT2D eigenvalue weighted by atomic mass is 10.2. The number of aliphatic imine (C=N–C) groups is 1. The number of carbonyl (C=O) groups excluding carboxylic acids is 1. The Bertz CT molecular complexity index is 320. The largest absolute Gasteiger partial charge is 0.459 e. The molecule has 8 heteroatoms. The van der Waals surface area contributed by atoms with Crippen LogP contribution in [0, 0.1) is 0 Å². The molecule has 7 nitrogen and oxygen atoms in total. The van der Waals surface area contributed by atoms with Crippen molar-refractivity contribution in [2.45, 2.75) is 32.8 Å². The quantitative estimate of drug-likeness (QED) is 0.188. The predicted molar refractivity (Wildman–Crippen MR) is 97.9 cm³/mol. The topological polar surface area (TPSA) is 81.2 Å². The number of guanidine groups is 1. The maximum atomic E-state index is 11.6. The maximum absolute atomic E-state index is 11.6. The summed E-state index contributed by atoms with van der Waals surface area (Å²) in [7, 11) is 3.30. The Labute approximate surface area is 150 Å². The Morgan fingerprint density at radius 2 is 1.82 bits per heavy atom. The van der Waals surface area contributed by atoms with Gasteiger partial charge >= 0.3 is 5.97 Å². The van der Waals surface area contributed by atoms with Crippen LogP contribution in [-0.4, -0.2) is 64.6 Å². The minimum absolute atomic E-state index is 0. The van der Waals surface area contributed by atoms with Gasteiger partial charge in [-0.2, -0.15) is 0 Å². The maximum Gasteiger partial charge on any atom is 0.325 e. The molecule has 0 bridgehead atoms. The molecule has 0 fully saturated rings. The number of carbonyl (C=O) groups is 1. The fourth-order valence-electron chi connectivity index (χ4n) is 1.38. The molecular formula is C14H30IN3O4. The van der Waals surface area contributed by atoms with E-state index in [1.54, 1.807) is 14.2 Å². The van der Waals surface area contributed by atoms with Crippen LogP contribution in [0.5, 0.6) is 0 Å². The second kappa shape index (κ2) is 14.0. The minimum atomic E-state index is -0.477. The normalized spacial score (nSPS) is 11.6. The third-order valence-corrected chi connectivity index (χ3v) is 2.23. The molecule has 0 aromatic heterocycles. The van der Waals surface area contributed by atoms with Crippen molar-refractivity contribution in [3.05, 3.63) is 0 Å². The number of esters is 1. The number of methoxy groups -OCH3 is 1. The smallest absolute Gasteiger partial charge is 0.325 e. The van der Waals surface area contributed by atoms with Gasteiger partial charge in [-0.15, -0.1) is 24.0 Å². The highest BCUT2D eigenvalue weighted by atomic mass is 127. The zero-order valence-electron chi connectivity index (χ0n) is 14.2. The zero-order valence-corrected chi connectivity index (χ0v) is 16.6. The molecular weight excluding hydrogens is 401 g/mol. The van der Waals surface area contributed by atoms with Crippen molar-refractivity contribution in [2.75, 3.05) is 47.1 Å². The second-order valence-electron chi connectivity index (χ2n) is 5.40. The molecule has 132 valence electrons. The number of nitrogens with one attached hydrogen (secondary N) is 2. The molecule has 0 amide bonds. The monoisotopic (exact) mass is 431 g/mol. The predicted octanol–water partition coefficient (Wildman–Crippen LogP) is 1.16. The molecule has 0 aromatic carbocycles. The molecule has 0 aliphatic heterocycles. The molecule has 0 aromatic rings. The molecule has 0 aliphatic carbocycles. The van der Waals surface area contributed by atoms with Crippen molar-refractivity contribution in [1.29, 1.82) is 0 Å². The number of halogens is 1. The van der Waals surface area contributed by atoms with E-state index in [2.05, 4.69) is 15.6 Å². The van der Waals surface area contributed by atoms with Crippen molar-refractivity contribution >= 4 is 35.9 Å². The first kappa shape index (κ1) is 23.7. The lowest BCUT2D eigenvalue weighted by Gasteiger charge is -2.20. The summed E-state index contributed by atoms with van der Waals surface area (Å²) in [6, 6.07) is 0. The fraction of sp³-hybridized carbons (Fsp3) is 0.857. The first-order valence-electron chi connectivity index (χ1n) is 7.12. The average Bonchev–Trinajstić information content (AvgIpc) is 2.39. The Hall–Kier alpha value is -0.610. The van der Waals surface area contributed by atoms with E-state index in [1.165, 1.54) is 0 Å². The van der Waals surface area contributed by atoms with Gasteiger partial charge in [0.05, 0.1) is 13.2 Å². The lowest BCUT2D eigenvalue weighted by molar-refractivity contribution is -0.153. The molecule has 0 heterocycles. The fourth-order valence-corrected chi connectivity index (χ4v) is 1.38. The SMILES string of the molecule is CN=C(NCCCOCCOC)NCC(=O)OC(C)(C)C.I. The van der Waals surface area contributed by atoms with E-state index in [1.807, 2.05) is 20.8 Å². The van der Waals surface area contributed by atoms with Gasteiger partial charge in [0.15, 0.2) is 5.96 Å². The molecule has 2 N–H and O–H groups in total. The molecule has 0 unspecified atom stereocenters. The van der Waals surface area contributed by atoms with E-state index in [-0.39, 0.29) is 36.5 Å². The van der Waals surface area contributed by atoms with Crippen molar-refractivity contribution in [3.63, 3.8) is 0 Å². The van der Waals surface area contributed by atoms with Crippen LogP contribution in [0.4, 0.5) is 0 Å². The molecule has 0 saturated carbocycles. The van der Waals surface area contributed by atoms with Crippen LogP contribution < -0.4 is 10.6 Å². The molecule has 0 radical (unpaired) electrons. The standard InChI is InChI=1S/C14H29N3O4.HI/c1-14(2,3)21-12(18)11-17-13(15-4)16-7-6-8-20-10-9-19-5;/h6-11H2,1-5H3,(H2,15,16,17);1H. The van der Waals surface area contributed by atoms with Crippen molar-refractivity contribution < 1.29 is 19.0 Å². The van der Waals surface area contributed by atoms with Crippen LogP contribution in [0.2, 0.25) is 0 Å². The molecule has 0 rings (SSSR count). The van der Waals surface area contributed by atoms with Gasteiger partial charge in [0.25, 0.3) is 0 Å². The summed E-state index contributed by atoms with van der Waals surface area (Å²) < 4.78 is 15.4. The summed E-state index contributed by atoms with van der Waals surface area (Å²) >= 11 is 0. The van der Waals surface area contributed by atoms with E-state index in [0.29, 0.717) is 32.3 Å². The van der Waals surface area contributed by atoms with Gasteiger partial charge in [-0.25, -0.2) is 0 Å². The number of nitrogens with zero attached hydrogens (tertiary/aromatic N) is 1. The van der Waals surface area contributed by atoms with Crippen LogP contribution in [0.1, 0.15) is 27.2 Å². The van der Waals surface area contributed by atoms with Gasteiger partial charge in [-0.3, -0.25) is 9.79 Å². The third kappa shape index (κ3) is 15.8. The third-order valence-electron chi connectivity index (χ3n) is 2.23. The lowest BCUT2D eigenvalue weighted by Crippen LogP contribution is -2.42. The van der Waals surface area contributed by atoms with E-state index >= 15 is 0 Å². The number of rotatable bonds is 9. The summed E-state index contributed by atoms with van der Waals surface area (Å²) in [6.45, 7) is 8.15. The Kier molecular flexibility index (Phi) is 15.1. The summed E-state index contributed by atoms with van der Waals surface area (Å²) in [5, 5.41) is 6.00. The summed E-state index contributed by atoms with van der Waals surface area (Å²) in [5.74, 6) is 0.256. The van der Waals surface area contributed by atoms with Crippen LogP contribution in [0.25, 0.3) is 0 Å². The molecule has 0 aliphatic rings. The highest BCUT2D eigenvalue weighted by Crippen LogP contribution is 2.05. The van der Waals surface area contributed by atoms with Crippen molar-refractivity contribution in [2.24, 2.45) is 4.99 Å². The molecule has 22 heavy (non-hydrogen) atoms. The average molecular weight is 431 g/mol. The van der Waals surface area contributed by atoms with E-state index in [4.69, 9.17) is 14.2 Å². The van der Waals surface area contributed by atoms with Gasteiger partial charge in [-0.05, 0) is 27.2 Å². The van der Waals surface area contributed by atoms with E-state index in [0.717, 1.165) is 6.42 Å². The van der Waals surface area contributed by atoms with Gasteiger partial charge in [-0.1, -0.05) is 0 Å². The van der Waals surface area contributed by atoms with Gasteiger partial charge in [0, 0.05) is 27.3 Å². The number of ether oxygens (including phenoxy) is 3. The number of hydrogen-bond acceptors (Lipinski definition) is 5. The zero-order chi connectivity index (χ0) is 16.1. The Morgan fingerprint density at radius 1 is 1.14 bits per heavy atom.